The number of methoxy groups -OCH3 is 1. The normalized spacial score (nSPS) is 12.3. The second kappa shape index (κ2) is 13.0. The van der Waals surface area contributed by atoms with Crippen LogP contribution in [0.2, 0.25) is 0 Å². The van der Waals surface area contributed by atoms with Crippen molar-refractivity contribution < 1.29 is 27.1 Å². The minimum atomic E-state index is -4.19. The van der Waals surface area contributed by atoms with Crippen molar-refractivity contribution in [2.45, 2.75) is 57.1 Å². The number of hydrogen-bond acceptors (Lipinski definition) is 5. The zero-order valence-corrected chi connectivity index (χ0v) is 24.2. The Bertz CT molecular complexity index is 1410. The fraction of sp³-hybridized carbons (Fsp3) is 0.333. The summed E-state index contributed by atoms with van der Waals surface area (Å²) in [5.74, 6) is -0.985. The molecule has 0 fully saturated rings. The quantitative estimate of drug-likeness (QED) is 0.360. The van der Waals surface area contributed by atoms with Crippen molar-refractivity contribution in [1.29, 1.82) is 0 Å². The molecule has 0 unspecified atom stereocenters. The summed E-state index contributed by atoms with van der Waals surface area (Å²) >= 11 is 0. The molecule has 3 rings (SSSR count). The lowest BCUT2D eigenvalue weighted by molar-refractivity contribution is -0.141. The van der Waals surface area contributed by atoms with E-state index in [-0.39, 0.29) is 29.5 Å². The number of sulfonamides is 1. The van der Waals surface area contributed by atoms with E-state index in [9.17, 15) is 22.4 Å². The summed E-state index contributed by atoms with van der Waals surface area (Å²) in [7, 11) is -2.72. The lowest BCUT2D eigenvalue weighted by Crippen LogP contribution is -2.55. The van der Waals surface area contributed by atoms with Crippen molar-refractivity contribution in [1.82, 2.24) is 10.2 Å². The molecule has 0 aliphatic carbocycles. The van der Waals surface area contributed by atoms with Crippen LogP contribution in [0.1, 0.15) is 39.7 Å². The third kappa shape index (κ3) is 7.81. The smallest absolute Gasteiger partial charge is 0.264 e. The maximum Gasteiger partial charge on any atom is 0.264 e. The standard InChI is InChI=1S/C30H36FN3O5S/c1-6-27(29(36)32-30(2,3)4)33(20-22-15-17-23(31)18-16-22)28(35)21-34(24-11-10-12-25(19-24)39-5)40(37,38)26-13-8-7-9-14-26/h7-19,27H,6,20-21H2,1-5H3,(H,32,36)/t27-/m1/s1. The predicted molar refractivity (Wildman–Crippen MR) is 153 cm³/mol. The first kappa shape index (κ1) is 30.6. The zero-order valence-electron chi connectivity index (χ0n) is 23.4. The Morgan fingerprint density at radius 3 is 2.20 bits per heavy atom. The number of benzene rings is 3. The number of carbonyl (C=O) groups is 2. The van der Waals surface area contributed by atoms with E-state index in [0.29, 0.717) is 11.3 Å². The highest BCUT2D eigenvalue weighted by Gasteiger charge is 2.34. The Kier molecular flexibility index (Phi) is 9.92. The van der Waals surface area contributed by atoms with Gasteiger partial charge in [0.25, 0.3) is 10.0 Å². The monoisotopic (exact) mass is 569 g/mol. The van der Waals surface area contributed by atoms with Crippen molar-refractivity contribution >= 4 is 27.5 Å². The third-order valence-electron chi connectivity index (χ3n) is 6.10. The van der Waals surface area contributed by atoms with Crippen LogP contribution in [0.4, 0.5) is 10.1 Å². The van der Waals surface area contributed by atoms with Crippen LogP contribution >= 0.6 is 0 Å². The molecule has 40 heavy (non-hydrogen) atoms. The van der Waals surface area contributed by atoms with Gasteiger partial charge in [-0.25, -0.2) is 12.8 Å². The van der Waals surface area contributed by atoms with E-state index < -0.39 is 39.9 Å². The van der Waals surface area contributed by atoms with Gasteiger partial charge in [0.05, 0.1) is 17.7 Å². The molecule has 8 nitrogen and oxygen atoms in total. The van der Waals surface area contributed by atoms with Gasteiger partial charge in [-0.2, -0.15) is 0 Å². The van der Waals surface area contributed by atoms with Gasteiger partial charge < -0.3 is 15.0 Å². The minimum absolute atomic E-state index is 0.00761. The Morgan fingerprint density at radius 1 is 0.975 bits per heavy atom. The molecule has 0 saturated heterocycles. The topological polar surface area (TPSA) is 96.0 Å². The molecule has 2 amide bonds. The van der Waals surface area contributed by atoms with Crippen molar-refractivity contribution in [3.8, 4) is 5.75 Å². The number of halogens is 1. The zero-order chi connectivity index (χ0) is 29.5. The summed E-state index contributed by atoms with van der Waals surface area (Å²) in [4.78, 5) is 28.7. The fourth-order valence-corrected chi connectivity index (χ4v) is 5.60. The maximum atomic E-state index is 14.0. The van der Waals surface area contributed by atoms with Crippen LogP contribution in [-0.4, -0.2) is 50.4 Å². The van der Waals surface area contributed by atoms with Gasteiger partial charge in [-0.3, -0.25) is 13.9 Å². The number of anilines is 1. The maximum absolute atomic E-state index is 14.0. The lowest BCUT2D eigenvalue weighted by Gasteiger charge is -2.34. The highest BCUT2D eigenvalue weighted by Crippen LogP contribution is 2.28. The SMILES string of the molecule is CC[C@H](C(=O)NC(C)(C)C)N(Cc1ccc(F)cc1)C(=O)CN(c1cccc(OC)c1)S(=O)(=O)c1ccccc1. The van der Waals surface area contributed by atoms with Gasteiger partial charge in [-0.05, 0) is 69.2 Å². The molecule has 10 heteroatoms. The number of rotatable bonds is 11. The first-order valence-electron chi connectivity index (χ1n) is 12.9. The minimum Gasteiger partial charge on any atom is -0.497 e. The molecular weight excluding hydrogens is 533 g/mol. The van der Waals surface area contributed by atoms with Gasteiger partial charge in [0, 0.05) is 18.2 Å². The third-order valence-corrected chi connectivity index (χ3v) is 7.89. The van der Waals surface area contributed by atoms with E-state index in [2.05, 4.69) is 5.32 Å². The molecule has 1 atom stereocenters. The average Bonchev–Trinajstić information content (AvgIpc) is 2.92. The molecule has 0 aliphatic rings. The first-order chi connectivity index (χ1) is 18.9. The van der Waals surface area contributed by atoms with Gasteiger partial charge in [0.15, 0.2) is 0 Å². The Morgan fingerprint density at radius 2 is 1.62 bits per heavy atom. The molecule has 0 aromatic heterocycles. The molecule has 214 valence electrons. The van der Waals surface area contributed by atoms with Crippen molar-refractivity contribution in [3.63, 3.8) is 0 Å². The molecule has 0 saturated carbocycles. The molecular formula is C30H36FN3O5S. The second-order valence-electron chi connectivity index (χ2n) is 10.3. The number of hydrogen-bond donors (Lipinski definition) is 1. The van der Waals surface area contributed by atoms with E-state index in [4.69, 9.17) is 4.74 Å². The van der Waals surface area contributed by atoms with Crippen LogP contribution in [0.3, 0.4) is 0 Å². The fourth-order valence-electron chi connectivity index (χ4n) is 4.17. The Balaban J connectivity index is 2.07. The van der Waals surface area contributed by atoms with Crippen LogP contribution in [0.15, 0.2) is 83.8 Å². The Labute approximate surface area is 235 Å². The summed E-state index contributed by atoms with van der Waals surface area (Å²) in [5, 5.41) is 2.92. The number of nitrogens with one attached hydrogen (secondary N) is 1. The van der Waals surface area contributed by atoms with E-state index in [1.165, 1.54) is 54.5 Å². The molecule has 3 aromatic carbocycles. The van der Waals surface area contributed by atoms with Gasteiger partial charge in [-0.1, -0.05) is 43.3 Å². The molecule has 0 radical (unpaired) electrons. The van der Waals surface area contributed by atoms with Gasteiger partial charge >= 0.3 is 0 Å². The van der Waals surface area contributed by atoms with Gasteiger partial charge in [-0.15, -0.1) is 0 Å². The first-order valence-corrected chi connectivity index (χ1v) is 14.4. The molecule has 3 aromatic rings. The van der Waals surface area contributed by atoms with E-state index in [0.717, 1.165) is 4.31 Å². The lowest BCUT2D eigenvalue weighted by atomic mass is 10.1. The van der Waals surface area contributed by atoms with Crippen LogP contribution in [-0.2, 0) is 26.2 Å². The van der Waals surface area contributed by atoms with Crippen LogP contribution in [0.5, 0.6) is 5.75 Å². The van der Waals surface area contributed by atoms with Gasteiger partial charge in [0.1, 0.15) is 24.2 Å². The van der Waals surface area contributed by atoms with Gasteiger partial charge in [0.2, 0.25) is 11.8 Å². The van der Waals surface area contributed by atoms with Crippen LogP contribution in [0.25, 0.3) is 0 Å². The number of carbonyl (C=O) groups excluding carboxylic acids is 2. The van der Waals surface area contributed by atoms with E-state index >= 15 is 0 Å². The highest BCUT2D eigenvalue weighted by atomic mass is 32.2. The molecule has 0 aliphatic heterocycles. The molecule has 0 heterocycles. The summed E-state index contributed by atoms with van der Waals surface area (Å²) in [5.41, 5.74) is 0.263. The number of amides is 2. The molecule has 0 bridgehead atoms. The molecule has 0 spiro atoms. The molecule has 1 N–H and O–H groups in total. The van der Waals surface area contributed by atoms with Crippen molar-refractivity contribution in [3.05, 3.63) is 90.2 Å². The largest absolute Gasteiger partial charge is 0.497 e. The summed E-state index contributed by atoms with van der Waals surface area (Å²) < 4.78 is 47.6. The number of nitrogens with zero attached hydrogens (tertiary/aromatic N) is 2. The summed E-state index contributed by atoms with van der Waals surface area (Å²) in [6, 6.07) is 18.9. The van der Waals surface area contributed by atoms with Crippen LogP contribution < -0.4 is 14.4 Å². The predicted octanol–water partition coefficient (Wildman–Crippen LogP) is 4.75. The number of ether oxygens (including phenoxy) is 1. The second-order valence-corrected chi connectivity index (χ2v) is 12.2. The Hall–Kier alpha value is -3.92. The van der Waals surface area contributed by atoms with Crippen molar-refractivity contribution in [2.75, 3.05) is 18.0 Å². The van der Waals surface area contributed by atoms with E-state index in [1.54, 1.807) is 43.3 Å². The highest BCUT2D eigenvalue weighted by molar-refractivity contribution is 7.92. The summed E-state index contributed by atoms with van der Waals surface area (Å²) in [6.07, 6.45) is 0.277. The van der Waals surface area contributed by atoms with E-state index in [1.807, 2.05) is 20.8 Å². The van der Waals surface area contributed by atoms with Crippen LogP contribution in [0, 0.1) is 5.82 Å². The van der Waals surface area contributed by atoms with Crippen molar-refractivity contribution in [2.24, 2.45) is 0 Å². The average molecular weight is 570 g/mol. The summed E-state index contributed by atoms with van der Waals surface area (Å²) in [6.45, 7) is 6.68.